The molecule has 1 amide bonds. The molecule has 1 saturated carbocycles. The van der Waals surface area contributed by atoms with Gasteiger partial charge in [0.1, 0.15) is 0 Å². The molecule has 2 atom stereocenters. The van der Waals surface area contributed by atoms with Gasteiger partial charge in [-0.2, -0.15) is 5.10 Å². The van der Waals surface area contributed by atoms with Crippen molar-refractivity contribution in [2.45, 2.75) is 39.5 Å². The Morgan fingerprint density at radius 2 is 1.85 bits per heavy atom. The third-order valence-electron chi connectivity index (χ3n) is 5.12. The van der Waals surface area contributed by atoms with Gasteiger partial charge in [-0.15, -0.1) is 0 Å². The summed E-state index contributed by atoms with van der Waals surface area (Å²) in [4.78, 5) is 24.6. The van der Waals surface area contributed by atoms with Gasteiger partial charge in [-0.1, -0.05) is 24.6 Å². The highest BCUT2D eigenvalue weighted by Crippen LogP contribution is 2.31. The molecular formula is C20H25N3O3. The molecular weight excluding hydrogens is 330 g/mol. The number of amides is 1. The number of carbonyl (C=O) groups is 2. The van der Waals surface area contributed by atoms with E-state index in [1.165, 1.54) is 7.11 Å². The van der Waals surface area contributed by atoms with Gasteiger partial charge >= 0.3 is 5.97 Å². The first kappa shape index (κ1) is 18.2. The summed E-state index contributed by atoms with van der Waals surface area (Å²) in [7, 11) is 1.40. The van der Waals surface area contributed by atoms with Crippen LogP contribution in [0.2, 0.25) is 0 Å². The molecule has 6 nitrogen and oxygen atoms in total. The van der Waals surface area contributed by atoms with Gasteiger partial charge in [0.25, 0.3) is 0 Å². The second kappa shape index (κ2) is 7.72. The number of para-hydroxylation sites is 1. The smallest absolute Gasteiger partial charge is 0.308 e. The summed E-state index contributed by atoms with van der Waals surface area (Å²) in [5, 5.41) is 7.60. The molecule has 1 aliphatic rings. The number of hydrogen-bond acceptors (Lipinski definition) is 4. The van der Waals surface area contributed by atoms with Crippen LogP contribution < -0.4 is 5.32 Å². The molecule has 6 heteroatoms. The lowest BCUT2D eigenvalue weighted by Crippen LogP contribution is -2.31. The van der Waals surface area contributed by atoms with Gasteiger partial charge in [0.15, 0.2) is 0 Å². The van der Waals surface area contributed by atoms with Crippen LogP contribution in [0.4, 0.5) is 5.69 Å². The fourth-order valence-corrected chi connectivity index (χ4v) is 3.68. The zero-order chi connectivity index (χ0) is 18.7. The molecule has 1 aromatic heterocycles. The minimum atomic E-state index is -0.216. The van der Waals surface area contributed by atoms with Gasteiger partial charge in [-0.3, -0.25) is 9.59 Å². The van der Waals surface area contributed by atoms with Crippen molar-refractivity contribution >= 4 is 17.6 Å². The predicted octanol–water partition coefficient (Wildman–Crippen LogP) is 3.41. The Morgan fingerprint density at radius 1 is 1.15 bits per heavy atom. The van der Waals surface area contributed by atoms with Crippen molar-refractivity contribution in [1.82, 2.24) is 9.78 Å². The molecule has 1 aliphatic carbocycles. The van der Waals surface area contributed by atoms with Crippen LogP contribution in [0.25, 0.3) is 5.69 Å². The molecule has 0 saturated heterocycles. The number of esters is 1. The van der Waals surface area contributed by atoms with E-state index in [0.717, 1.165) is 42.0 Å². The second-order valence-electron chi connectivity index (χ2n) is 6.87. The summed E-state index contributed by atoms with van der Waals surface area (Å²) in [6.45, 7) is 3.83. The van der Waals surface area contributed by atoms with Crippen molar-refractivity contribution in [2.75, 3.05) is 12.4 Å². The first-order valence-corrected chi connectivity index (χ1v) is 9.01. The molecule has 26 heavy (non-hydrogen) atoms. The molecule has 0 aliphatic heterocycles. The maximum absolute atomic E-state index is 12.8. The summed E-state index contributed by atoms with van der Waals surface area (Å²) >= 11 is 0. The van der Waals surface area contributed by atoms with Crippen LogP contribution in [0.1, 0.15) is 37.1 Å². The van der Waals surface area contributed by atoms with Crippen LogP contribution in [-0.4, -0.2) is 28.8 Å². The molecule has 1 N–H and O–H groups in total. The molecule has 0 radical (unpaired) electrons. The van der Waals surface area contributed by atoms with Crippen LogP contribution in [0, 0.1) is 25.7 Å². The van der Waals surface area contributed by atoms with Gasteiger partial charge in [0.2, 0.25) is 5.91 Å². The van der Waals surface area contributed by atoms with Gasteiger partial charge < -0.3 is 10.1 Å². The van der Waals surface area contributed by atoms with E-state index < -0.39 is 0 Å². The molecule has 2 aromatic rings. The van der Waals surface area contributed by atoms with Crippen molar-refractivity contribution in [2.24, 2.45) is 11.8 Å². The quantitative estimate of drug-likeness (QED) is 0.853. The van der Waals surface area contributed by atoms with Gasteiger partial charge in [0, 0.05) is 5.92 Å². The Bertz CT molecular complexity index is 798. The Hall–Kier alpha value is -2.63. The fraction of sp³-hybridized carbons (Fsp3) is 0.450. The average Bonchev–Trinajstić information content (AvgIpc) is 2.96. The molecule has 1 fully saturated rings. The van der Waals surface area contributed by atoms with E-state index in [1.807, 2.05) is 48.9 Å². The van der Waals surface area contributed by atoms with E-state index >= 15 is 0 Å². The summed E-state index contributed by atoms with van der Waals surface area (Å²) < 4.78 is 6.68. The van der Waals surface area contributed by atoms with Crippen molar-refractivity contribution in [1.29, 1.82) is 0 Å². The number of rotatable bonds is 4. The SMILES string of the molecule is COC(=O)C1CCCC(C(=O)Nc2c(C)nn(-c3ccccc3)c2C)C1. The normalized spacial score (nSPS) is 19.8. The summed E-state index contributed by atoms with van der Waals surface area (Å²) in [5.74, 6) is -0.616. The topological polar surface area (TPSA) is 73.2 Å². The second-order valence-corrected chi connectivity index (χ2v) is 6.87. The first-order chi connectivity index (χ1) is 12.5. The number of aryl methyl sites for hydroxylation is 1. The van der Waals surface area contributed by atoms with E-state index in [4.69, 9.17) is 4.74 Å². The van der Waals surface area contributed by atoms with Gasteiger partial charge in [-0.25, -0.2) is 4.68 Å². The number of nitrogens with zero attached hydrogens (tertiary/aromatic N) is 2. The first-order valence-electron chi connectivity index (χ1n) is 9.01. The van der Waals surface area contributed by atoms with E-state index in [9.17, 15) is 9.59 Å². The fourth-order valence-electron chi connectivity index (χ4n) is 3.68. The number of ether oxygens (including phenoxy) is 1. The largest absolute Gasteiger partial charge is 0.469 e. The lowest BCUT2D eigenvalue weighted by molar-refractivity contribution is -0.147. The Labute approximate surface area is 153 Å². The number of hydrogen-bond donors (Lipinski definition) is 1. The lowest BCUT2D eigenvalue weighted by atomic mass is 9.81. The average molecular weight is 355 g/mol. The van der Waals surface area contributed by atoms with E-state index in [0.29, 0.717) is 6.42 Å². The van der Waals surface area contributed by atoms with E-state index in [-0.39, 0.29) is 23.7 Å². The van der Waals surface area contributed by atoms with Crippen molar-refractivity contribution in [3.05, 3.63) is 41.7 Å². The van der Waals surface area contributed by atoms with Gasteiger partial charge in [-0.05, 0) is 45.2 Å². The van der Waals surface area contributed by atoms with E-state index in [2.05, 4.69) is 10.4 Å². The molecule has 1 heterocycles. The summed E-state index contributed by atoms with van der Waals surface area (Å²) in [6, 6.07) is 9.83. The Kier molecular flexibility index (Phi) is 5.40. The molecule has 1 aromatic carbocycles. The van der Waals surface area contributed by atoms with Crippen LogP contribution in [0.5, 0.6) is 0 Å². The minimum absolute atomic E-state index is 0.0441. The minimum Gasteiger partial charge on any atom is -0.469 e. The van der Waals surface area contributed by atoms with Crippen LogP contribution >= 0.6 is 0 Å². The molecule has 0 spiro atoms. The number of methoxy groups -OCH3 is 1. The maximum atomic E-state index is 12.8. The van der Waals surface area contributed by atoms with Crippen molar-refractivity contribution in [3.63, 3.8) is 0 Å². The zero-order valence-corrected chi connectivity index (χ0v) is 15.5. The summed E-state index contributed by atoms with van der Waals surface area (Å²) in [6.07, 6.45) is 2.99. The monoisotopic (exact) mass is 355 g/mol. The summed E-state index contributed by atoms with van der Waals surface area (Å²) in [5.41, 5.74) is 3.37. The molecule has 138 valence electrons. The van der Waals surface area contributed by atoms with Gasteiger partial charge in [0.05, 0.1) is 35.8 Å². The Morgan fingerprint density at radius 3 is 2.54 bits per heavy atom. The number of carbonyl (C=O) groups excluding carboxylic acids is 2. The van der Waals surface area contributed by atoms with Crippen LogP contribution in [0.3, 0.4) is 0 Å². The Balaban J connectivity index is 1.76. The third-order valence-corrected chi connectivity index (χ3v) is 5.12. The zero-order valence-electron chi connectivity index (χ0n) is 15.5. The highest BCUT2D eigenvalue weighted by Gasteiger charge is 2.32. The lowest BCUT2D eigenvalue weighted by Gasteiger charge is -2.26. The van der Waals surface area contributed by atoms with Crippen LogP contribution in [0.15, 0.2) is 30.3 Å². The molecule has 3 rings (SSSR count). The highest BCUT2D eigenvalue weighted by atomic mass is 16.5. The standard InChI is InChI=1S/C20H25N3O3/c1-13-18(14(2)23(22-13)17-10-5-4-6-11-17)21-19(24)15-8-7-9-16(12-15)20(25)26-3/h4-6,10-11,15-16H,7-9,12H2,1-3H3,(H,21,24). The number of anilines is 1. The highest BCUT2D eigenvalue weighted by molar-refractivity contribution is 5.94. The predicted molar refractivity (Wildman–Crippen MR) is 99.1 cm³/mol. The number of nitrogens with one attached hydrogen (secondary N) is 1. The number of aromatic nitrogens is 2. The molecule has 2 unspecified atom stereocenters. The number of benzene rings is 1. The van der Waals surface area contributed by atoms with Crippen LogP contribution in [-0.2, 0) is 14.3 Å². The van der Waals surface area contributed by atoms with Crippen molar-refractivity contribution in [3.8, 4) is 5.69 Å². The third kappa shape index (κ3) is 3.64. The van der Waals surface area contributed by atoms with Crippen molar-refractivity contribution < 1.29 is 14.3 Å². The molecule has 0 bridgehead atoms. The van der Waals surface area contributed by atoms with E-state index in [1.54, 1.807) is 0 Å². The maximum Gasteiger partial charge on any atom is 0.308 e.